The molecule has 0 aliphatic carbocycles. The zero-order valence-electron chi connectivity index (χ0n) is 15.2. The van der Waals surface area contributed by atoms with Crippen LogP contribution in [-0.4, -0.2) is 42.2 Å². The van der Waals surface area contributed by atoms with Gasteiger partial charge in [0.15, 0.2) is 5.17 Å². The molecule has 0 spiro atoms. The molecule has 1 aromatic rings. The fourth-order valence-corrected chi connectivity index (χ4v) is 4.28. The average molecular weight is 358 g/mol. The monoisotopic (exact) mass is 357 g/mol. The summed E-state index contributed by atoms with van der Waals surface area (Å²) in [6.07, 6.45) is 6.92. The van der Waals surface area contributed by atoms with Gasteiger partial charge in [-0.05, 0) is 62.2 Å². The van der Waals surface area contributed by atoms with E-state index in [0.717, 1.165) is 41.8 Å². The van der Waals surface area contributed by atoms with Crippen LogP contribution in [0.2, 0.25) is 0 Å². The number of carbonyl (C=O) groups excluding carboxylic acids is 1. The number of carbonyl (C=O) groups is 1. The topological polar surface area (TPSA) is 35.9 Å². The van der Waals surface area contributed by atoms with Crippen molar-refractivity contribution in [2.45, 2.75) is 39.5 Å². The van der Waals surface area contributed by atoms with Gasteiger partial charge in [0.25, 0.3) is 5.91 Å². The fraction of sp³-hybridized carbons (Fsp3) is 0.500. The molecule has 25 heavy (non-hydrogen) atoms. The first-order chi connectivity index (χ1) is 12.2. The molecule has 1 aromatic carbocycles. The normalized spacial score (nSPS) is 19.9. The molecule has 3 rings (SSSR count). The lowest BCUT2D eigenvalue weighted by Gasteiger charge is -2.21. The number of anilines is 1. The SMILES string of the molecule is CCN(CC)c1ccc(/C=C2/SC(N3CCCCCC3)=NC2=O)cc1. The number of benzene rings is 1. The summed E-state index contributed by atoms with van der Waals surface area (Å²) in [5, 5.41) is 0.887. The fourth-order valence-electron chi connectivity index (χ4n) is 3.32. The Bertz CT molecular complexity index is 654. The summed E-state index contributed by atoms with van der Waals surface area (Å²) in [7, 11) is 0. The molecule has 0 radical (unpaired) electrons. The first-order valence-electron chi connectivity index (χ1n) is 9.33. The van der Waals surface area contributed by atoms with Crippen LogP contribution in [0.25, 0.3) is 6.08 Å². The third kappa shape index (κ3) is 4.46. The smallest absolute Gasteiger partial charge is 0.286 e. The van der Waals surface area contributed by atoms with Crippen molar-refractivity contribution >= 4 is 34.6 Å². The van der Waals surface area contributed by atoms with Crippen LogP contribution >= 0.6 is 11.8 Å². The van der Waals surface area contributed by atoms with Gasteiger partial charge >= 0.3 is 0 Å². The third-order valence-electron chi connectivity index (χ3n) is 4.81. The number of hydrogen-bond acceptors (Lipinski definition) is 4. The van der Waals surface area contributed by atoms with Crippen LogP contribution in [0.4, 0.5) is 5.69 Å². The van der Waals surface area contributed by atoms with E-state index >= 15 is 0 Å². The van der Waals surface area contributed by atoms with Crippen LogP contribution in [-0.2, 0) is 4.79 Å². The summed E-state index contributed by atoms with van der Waals surface area (Å²) in [5.41, 5.74) is 2.28. The van der Waals surface area contributed by atoms with Gasteiger partial charge in [-0.1, -0.05) is 25.0 Å². The summed E-state index contributed by atoms with van der Waals surface area (Å²) in [6, 6.07) is 8.41. The van der Waals surface area contributed by atoms with Gasteiger partial charge in [0, 0.05) is 31.9 Å². The number of thioether (sulfide) groups is 1. The van der Waals surface area contributed by atoms with Crippen LogP contribution in [0.1, 0.15) is 45.1 Å². The summed E-state index contributed by atoms with van der Waals surface area (Å²) in [4.78, 5) is 21.9. The number of hydrogen-bond donors (Lipinski definition) is 0. The second kappa shape index (κ2) is 8.56. The van der Waals surface area contributed by atoms with E-state index in [0.29, 0.717) is 0 Å². The van der Waals surface area contributed by atoms with Gasteiger partial charge in [0.2, 0.25) is 0 Å². The Kier molecular flexibility index (Phi) is 6.19. The molecule has 0 unspecified atom stereocenters. The van der Waals surface area contributed by atoms with Crippen LogP contribution in [0.15, 0.2) is 34.2 Å². The maximum absolute atomic E-state index is 12.3. The zero-order chi connectivity index (χ0) is 17.6. The number of amidine groups is 1. The molecule has 1 amide bonds. The van der Waals surface area contributed by atoms with E-state index in [4.69, 9.17) is 0 Å². The van der Waals surface area contributed by atoms with Crippen molar-refractivity contribution in [3.05, 3.63) is 34.7 Å². The molecule has 0 saturated carbocycles. The third-order valence-corrected chi connectivity index (χ3v) is 5.85. The number of aliphatic imine (C=N–C) groups is 1. The van der Waals surface area contributed by atoms with Gasteiger partial charge in [0.05, 0.1) is 4.91 Å². The molecule has 0 atom stereocenters. The minimum atomic E-state index is -0.0999. The lowest BCUT2D eigenvalue weighted by atomic mass is 10.2. The van der Waals surface area contributed by atoms with E-state index in [1.807, 2.05) is 6.08 Å². The Hall–Kier alpha value is -1.75. The van der Waals surface area contributed by atoms with E-state index < -0.39 is 0 Å². The molecule has 4 nitrogen and oxygen atoms in total. The van der Waals surface area contributed by atoms with Gasteiger partial charge in [-0.2, -0.15) is 4.99 Å². The lowest BCUT2D eigenvalue weighted by molar-refractivity contribution is -0.113. The molecule has 0 N–H and O–H groups in total. The van der Waals surface area contributed by atoms with Gasteiger partial charge in [0.1, 0.15) is 0 Å². The number of rotatable bonds is 4. The summed E-state index contributed by atoms with van der Waals surface area (Å²) in [5.74, 6) is -0.0999. The maximum atomic E-state index is 12.3. The van der Waals surface area contributed by atoms with Crippen molar-refractivity contribution in [1.82, 2.24) is 4.90 Å². The highest BCUT2D eigenvalue weighted by atomic mass is 32.2. The second-order valence-electron chi connectivity index (χ2n) is 6.48. The van der Waals surface area contributed by atoms with Crippen LogP contribution in [0.3, 0.4) is 0 Å². The van der Waals surface area contributed by atoms with Gasteiger partial charge in [-0.3, -0.25) is 4.79 Å². The predicted octanol–water partition coefficient (Wildman–Crippen LogP) is 4.38. The van der Waals surface area contributed by atoms with E-state index in [1.165, 1.54) is 43.1 Å². The first kappa shape index (κ1) is 18.1. The number of amides is 1. The molecule has 2 aliphatic rings. The van der Waals surface area contributed by atoms with Gasteiger partial charge in [-0.25, -0.2) is 0 Å². The summed E-state index contributed by atoms with van der Waals surface area (Å²) >= 11 is 1.53. The maximum Gasteiger partial charge on any atom is 0.286 e. The van der Waals surface area contributed by atoms with Crippen LogP contribution < -0.4 is 4.90 Å². The molecular weight excluding hydrogens is 330 g/mol. The van der Waals surface area contributed by atoms with Crippen molar-refractivity contribution in [3.8, 4) is 0 Å². The number of nitrogens with zero attached hydrogens (tertiary/aromatic N) is 3. The molecule has 2 aliphatic heterocycles. The summed E-state index contributed by atoms with van der Waals surface area (Å²) < 4.78 is 0. The molecule has 0 bridgehead atoms. The molecular formula is C20H27N3OS. The van der Waals surface area contributed by atoms with E-state index in [2.05, 4.69) is 52.9 Å². The Morgan fingerprint density at radius 3 is 2.32 bits per heavy atom. The molecule has 5 heteroatoms. The van der Waals surface area contributed by atoms with Crippen molar-refractivity contribution in [1.29, 1.82) is 0 Å². The van der Waals surface area contributed by atoms with Gasteiger partial charge < -0.3 is 9.80 Å². The highest BCUT2D eigenvalue weighted by molar-refractivity contribution is 8.18. The largest absolute Gasteiger partial charge is 0.372 e. The van der Waals surface area contributed by atoms with Gasteiger partial charge in [-0.15, -0.1) is 0 Å². The Balaban J connectivity index is 1.69. The zero-order valence-corrected chi connectivity index (χ0v) is 16.0. The standard InChI is InChI=1S/C20H27N3OS/c1-3-22(4-2)17-11-9-16(10-12-17)15-18-19(24)21-20(25-18)23-13-7-5-6-8-14-23/h9-12,15H,3-8,13-14H2,1-2H3/b18-15+. The highest BCUT2D eigenvalue weighted by Gasteiger charge is 2.26. The Morgan fingerprint density at radius 2 is 1.72 bits per heavy atom. The number of likely N-dealkylation sites (tertiary alicyclic amines) is 1. The summed E-state index contributed by atoms with van der Waals surface area (Å²) in [6.45, 7) is 8.36. The van der Waals surface area contributed by atoms with Crippen molar-refractivity contribution in [2.75, 3.05) is 31.1 Å². The average Bonchev–Trinajstić information content (AvgIpc) is 2.84. The molecule has 2 heterocycles. The van der Waals surface area contributed by atoms with Crippen molar-refractivity contribution in [2.24, 2.45) is 4.99 Å². The van der Waals surface area contributed by atoms with E-state index in [-0.39, 0.29) is 5.91 Å². The van der Waals surface area contributed by atoms with E-state index in [1.54, 1.807) is 0 Å². The highest BCUT2D eigenvalue weighted by Crippen LogP contribution is 2.31. The molecule has 134 valence electrons. The Labute approximate surface area is 155 Å². The minimum absolute atomic E-state index is 0.0999. The first-order valence-corrected chi connectivity index (χ1v) is 10.2. The van der Waals surface area contributed by atoms with Crippen molar-refractivity contribution < 1.29 is 4.79 Å². The Morgan fingerprint density at radius 1 is 1.08 bits per heavy atom. The quantitative estimate of drug-likeness (QED) is 0.749. The van der Waals surface area contributed by atoms with Crippen molar-refractivity contribution in [3.63, 3.8) is 0 Å². The van der Waals surface area contributed by atoms with E-state index in [9.17, 15) is 4.79 Å². The van der Waals surface area contributed by atoms with Crippen LogP contribution in [0.5, 0.6) is 0 Å². The van der Waals surface area contributed by atoms with Crippen LogP contribution in [0, 0.1) is 0 Å². The predicted molar refractivity (Wildman–Crippen MR) is 108 cm³/mol. The molecule has 0 aromatic heterocycles. The second-order valence-corrected chi connectivity index (χ2v) is 7.48. The lowest BCUT2D eigenvalue weighted by Crippen LogP contribution is -2.28. The minimum Gasteiger partial charge on any atom is -0.372 e. The molecule has 1 saturated heterocycles. The molecule has 1 fully saturated rings.